The number of hydrogen-bond acceptors (Lipinski definition) is 4. The van der Waals surface area contributed by atoms with Crippen LogP contribution in [0.4, 0.5) is 9.18 Å². The predicted octanol–water partition coefficient (Wildman–Crippen LogP) is 2.30. The number of carbonyl (C=O) groups is 1. The van der Waals surface area contributed by atoms with Crippen molar-refractivity contribution in [3.8, 4) is 5.69 Å². The van der Waals surface area contributed by atoms with E-state index in [-0.39, 0.29) is 18.0 Å². The van der Waals surface area contributed by atoms with Crippen molar-refractivity contribution in [1.82, 2.24) is 25.1 Å². The quantitative estimate of drug-likeness (QED) is 0.606. The van der Waals surface area contributed by atoms with Crippen LogP contribution in [-0.2, 0) is 11.3 Å². The predicted molar refractivity (Wildman–Crippen MR) is 108 cm³/mol. The van der Waals surface area contributed by atoms with Crippen molar-refractivity contribution in [2.24, 2.45) is 4.99 Å². The van der Waals surface area contributed by atoms with E-state index in [4.69, 9.17) is 4.74 Å². The zero-order valence-corrected chi connectivity index (χ0v) is 17.1. The lowest BCUT2D eigenvalue weighted by Crippen LogP contribution is -2.63. The van der Waals surface area contributed by atoms with Crippen molar-refractivity contribution in [3.05, 3.63) is 48.3 Å². The number of aliphatic imine (C=N–C) groups is 1. The Bertz CT molecular complexity index is 870. The molecule has 2 aromatic rings. The van der Waals surface area contributed by atoms with Gasteiger partial charge in [0.15, 0.2) is 5.96 Å². The minimum atomic E-state index is -0.504. The third-order valence-corrected chi connectivity index (χ3v) is 4.35. The molecule has 0 bridgehead atoms. The van der Waals surface area contributed by atoms with Gasteiger partial charge in [-0.25, -0.2) is 14.2 Å². The van der Waals surface area contributed by atoms with Crippen molar-refractivity contribution in [1.29, 1.82) is 0 Å². The Morgan fingerprint density at radius 1 is 1.38 bits per heavy atom. The van der Waals surface area contributed by atoms with Gasteiger partial charge in [-0.2, -0.15) is 0 Å². The molecule has 3 rings (SSSR count). The number of amides is 1. The molecule has 0 spiro atoms. The van der Waals surface area contributed by atoms with Crippen LogP contribution in [0.2, 0.25) is 0 Å². The molecule has 0 atom stereocenters. The molecular weight excluding hydrogens is 375 g/mol. The van der Waals surface area contributed by atoms with Gasteiger partial charge in [0.05, 0.1) is 18.1 Å². The van der Waals surface area contributed by atoms with Gasteiger partial charge in [0.25, 0.3) is 0 Å². The number of imidazole rings is 1. The molecule has 156 valence electrons. The number of nitrogens with one attached hydrogen (secondary N) is 2. The summed E-state index contributed by atoms with van der Waals surface area (Å²) in [6.45, 7) is 7.04. The van der Waals surface area contributed by atoms with Crippen molar-refractivity contribution in [2.75, 3.05) is 20.1 Å². The molecule has 2 heterocycles. The van der Waals surface area contributed by atoms with Crippen molar-refractivity contribution >= 4 is 12.1 Å². The minimum absolute atomic E-state index is 0.0917. The van der Waals surface area contributed by atoms with Crippen LogP contribution in [-0.4, -0.2) is 58.3 Å². The highest BCUT2D eigenvalue weighted by Crippen LogP contribution is 2.16. The maximum atomic E-state index is 14.4. The number of carbonyl (C=O) groups excluding carboxylic acids is 1. The van der Waals surface area contributed by atoms with E-state index in [9.17, 15) is 9.18 Å². The molecule has 1 aliphatic rings. The van der Waals surface area contributed by atoms with E-state index < -0.39 is 5.60 Å². The molecular formula is C20H27FN6O2. The van der Waals surface area contributed by atoms with E-state index in [0.717, 1.165) is 5.56 Å². The summed E-state index contributed by atoms with van der Waals surface area (Å²) in [7, 11) is 1.67. The van der Waals surface area contributed by atoms with Crippen LogP contribution in [0.5, 0.6) is 0 Å². The van der Waals surface area contributed by atoms with Gasteiger partial charge in [0.2, 0.25) is 0 Å². The van der Waals surface area contributed by atoms with Gasteiger partial charge in [-0.05, 0) is 38.5 Å². The molecule has 1 aromatic heterocycles. The molecule has 9 heteroatoms. The van der Waals surface area contributed by atoms with Gasteiger partial charge in [-0.3, -0.25) is 4.99 Å². The highest BCUT2D eigenvalue weighted by Gasteiger charge is 2.34. The molecule has 0 aliphatic carbocycles. The summed E-state index contributed by atoms with van der Waals surface area (Å²) in [4.78, 5) is 21.7. The fourth-order valence-electron chi connectivity index (χ4n) is 2.89. The van der Waals surface area contributed by atoms with Crippen LogP contribution < -0.4 is 10.6 Å². The summed E-state index contributed by atoms with van der Waals surface area (Å²) in [5.41, 5.74) is 0.736. The second-order valence-corrected chi connectivity index (χ2v) is 7.91. The first-order valence-electron chi connectivity index (χ1n) is 9.47. The highest BCUT2D eigenvalue weighted by molar-refractivity contribution is 5.80. The first kappa shape index (κ1) is 20.6. The van der Waals surface area contributed by atoms with Gasteiger partial charge in [0.1, 0.15) is 11.4 Å². The molecule has 29 heavy (non-hydrogen) atoms. The average molecular weight is 402 g/mol. The third kappa shape index (κ3) is 5.46. The molecule has 0 radical (unpaired) electrons. The van der Waals surface area contributed by atoms with E-state index in [2.05, 4.69) is 20.6 Å². The van der Waals surface area contributed by atoms with Crippen LogP contribution >= 0.6 is 0 Å². The largest absolute Gasteiger partial charge is 0.444 e. The van der Waals surface area contributed by atoms with Gasteiger partial charge in [0, 0.05) is 39.1 Å². The molecule has 1 amide bonds. The number of ether oxygens (including phenoxy) is 1. The number of guanidine groups is 1. The Balaban J connectivity index is 1.47. The summed E-state index contributed by atoms with van der Waals surface area (Å²) >= 11 is 0. The SMILES string of the molecule is CN=C(NCc1ccc(-n2ccnc2)c(F)c1)NC1CN(C(=O)OC(C)(C)C)C1. The number of likely N-dealkylation sites (tertiary alicyclic amines) is 1. The first-order valence-corrected chi connectivity index (χ1v) is 9.47. The van der Waals surface area contributed by atoms with E-state index in [0.29, 0.717) is 31.3 Å². The summed E-state index contributed by atoms with van der Waals surface area (Å²) in [5.74, 6) is 0.273. The fourth-order valence-corrected chi connectivity index (χ4v) is 2.89. The van der Waals surface area contributed by atoms with Crippen LogP contribution in [0, 0.1) is 5.82 Å². The summed E-state index contributed by atoms with van der Waals surface area (Å²) < 4.78 is 21.3. The Labute approximate surface area is 169 Å². The van der Waals surface area contributed by atoms with Gasteiger partial charge < -0.3 is 24.8 Å². The second-order valence-electron chi connectivity index (χ2n) is 7.91. The van der Waals surface area contributed by atoms with Crippen LogP contribution in [0.25, 0.3) is 5.69 Å². The number of halogens is 1. The van der Waals surface area contributed by atoms with Gasteiger partial charge >= 0.3 is 6.09 Å². The summed E-state index contributed by atoms with van der Waals surface area (Å²) in [6.07, 6.45) is 4.55. The van der Waals surface area contributed by atoms with Gasteiger partial charge in [-0.1, -0.05) is 6.07 Å². The number of aromatic nitrogens is 2. The van der Waals surface area contributed by atoms with Crippen molar-refractivity contribution in [2.45, 2.75) is 39.0 Å². The fraction of sp³-hybridized carbons (Fsp3) is 0.450. The molecule has 1 saturated heterocycles. The number of hydrogen-bond donors (Lipinski definition) is 2. The van der Waals surface area contributed by atoms with Gasteiger partial charge in [-0.15, -0.1) is 0 Å². The first-order chi connectivity index (χ1) is 13.7. The lowest BCUT2D eigenvalue weighted by Gasteiger charge is -2.40. The molecule has 0 saturated carbocycles. The summed E-state index contributed by atoms with van der Waals surface area (Å²) in [6, 6.07) is 5.15. The normalized spacial score (nSPS) is 15.1. The average Bonchev–Trinajstić information content (AvgIpc) is 3.13. The zero-order valence-electron chi connectivity index (χ0n) is 17.1. The Morgan fingerprint density at radius 2 is 2.14 bits per heavy atom. The molecule has 1 aliphatic heterocycles. The second kappa shape index (κ2) is 8.50. The lowest BCUT2D eigenvalue weighted by molar-refractivity contribution is 0.00701. The molecule has 0 unspecified atom stereocenters. The molecule has 1 fully saturated rings. The standard InChI is InChI=1S/C20H27FN6O2/c1-20(2,3)29-19(28)27-11-15(12-27)25-18(22-4)24-10-14-5-6-17(16(21)9-14)26-8-7-23-13-26/h5-9,13,15H,10-12H2,1-4H3,(H2,22,24,25). The number of nitrogens with zero attached hydrogens (tertiary/aromatic N) is 4. The van der Waals surface area contributed by atoms with Crippen molar-refractivity contribution in [3.63, 3.8) is 0 Å². The topological polar surface area (TPSA) is 83.8 Å². The van der Waals surface area contributed by atoms with Crippen LogP contribution in [0.3, 0.4) is 0 Å². The van der Waals surface area contributed by atoms with E-state index >= 15 is 0 Å². The lowest BCUT2D eigenvalue weighted by atomic mass is 10.1. The smallest absolute Gasteiger partial charge is 0.410 e. The Morgan fingerprint density at radius 3 is 2.72 bits per heavy atom. The monoisotopic (exact) mass is 402 g/mol. The highest BCUT2D eigenvalue weighted by atomic mass is 19.1. The zero-order chi connectivity index (χ0) is 21.0. The van der Waals surface area contributed by atoms with E-state index in [1.807, 2.05) is 26.8 Å². The number of benzene rings is 1. The molecule has 8 nitrogen and oxygen atoms in total. The van der Waals surface area contributed by atoms with Crippen LogP contribution in [0.15, 0.2) is 41.9 Å². The summed E-state index contributed by atoms with van der Waals surface area (Å²) in [5, 5.41) is 6.42. The maximum Gasteiger partial charge on any atom is 0.410 e. The van der Waals surface area contributed by atoms with E-state index in [1.165, 1.54) is 6.07 Å². The maximum absolute atomic E-state index is 14.4. The molecule has 1 aromatic carbocycles. The minimum Gasteiger partial charge on any atom is -0.444 e. The molecule has 2 N–H and O–H groups in total. The number of rotatable bonds is 4. The third-order valence-electron chi connectivity index (χ3n) is 4.35. The van der Waals surface area contributed by atoms with Crippen molar-refractivity contribution < 1.29 is 13.9 Å². The Kier molecular flexibility index (Phi) is 6.05. The Hall–Kier alpha value is -3.10. The van der Waals surface area contributed by atoms with Crippen LogP contribution in [0.1, 0.15) is 26.3 Å². The van der Waals surface area contributed by atoms with E-state index in [1.54, 1.807) is 41.3 Å².